The molecule has 1 fully saturated rings. The Morgan fingerprint density at radius 1 is 1.19 bits per heavy atom. The smallest absolute Gasteiger partial charge is 0.215 e. The number of hydrogen-bond acceptors (Lipinski definition) is 4. The summed E-state index contributed by atoms with van der Waals surface area (Å²) in [6.07, 6.45) is 3.07. The minimum Gasteiger partial charge on any atom is -0.344 e. The normalized spacial score (nSPS) is 20.3. The van der Waals surface area contributed by atoms with Gasteiger partial charge in [-0.2, -0.15) is 5.10 Å². The molecule has 1 saturated heterocycles. The van der Waals surface area contributed by atoms with Crippen molar-refractivity contribution < 1.29 is 13.9 Å². The van der Waals surface area contributed by atoms with Crippen molar-refractivity contribution in [3.63, 3.8) is 0 Å². The van der Waals surface area contributed by atoms with Crippen LogP contribution >= 0.6 is 0 Å². The maximum atomic E-state index is 13.2. The van der Waals surface area contributed by atoms with E-state index in [1.165, 1.54) is 18.5 Å². The lowest BCUT2D eigenvalue weighted by Crippen LogP contribution is -2.48. The molecule has 0 spiro atoms. The van der Waals surface area contributed by atoms with Gasteiger partial charge in [-0.3, -0.25) is 0 Å². The first-order valence-electron chi connectivity index (χ1n) is 6.86. The molecule has 112 valence electrons. The predicted octanol–water partition coefficient (Wildman–Crippen LogP) is 2.34. The van der Waals surface area contributed by atoms with E-state index in [0.717, 1.165) is 5.56 Å². The number of ether oxygens (including phenoxy) is 2. The molecule has 0 aliphatic carbocycles. The fraction of sp³-hybridized carbons (Fsp3) is 0.467. The van der Waals surface area contributed by atoms with E-state index in [9.17, 15) is 4.39 Å². The molecular weight excluding hydrogens is 273 g/mol. The molecule has 21 heavy (non-hydrogen) atoms. The first-order chi connectivity index (χ1) is 9.99. The Kier molecular flexibility index (Phi) is 3.51. The Morgan fingerprint density at radius 2 is 1.86 bits per heavy atom. The van der Waals surface area contributed by atoms with Gasteiger partial charge in [0.2, 0.25) is 5.79 Å². The van der Waals surface area contributed by atoms with Gasteiger partial charge < -0.3 is 9.47 Å². The lowest BCUT2D eigenvalue weighted by molar-refractivity contribution is -0.315. The van der Waals surface area contributed by atoms with E-state index in [-0.39, 0.29) is 11.2 Å². The van der Waals surface area contributed by atoms with Crippen molar-refractivity contribution >= 4 is 0 Å². The Hall–Kier alpha value is -1.79. The average Bonchev–Trinajstić information content (AvgIpc) is 2.95. The van der Waals surface area contributed by atoms with Gasteiger partial charge in [0.1, 0.15) is 25.0 Å². The molecule has 1 aliphatic rings. The van der Waals surface area contributed by atoms with Crippen LogP contribution in [0.5, 0.6) is 0 Å². The van der Waals surface area contributed by atoms with Gasteiger partial charge in [-0.15, -0.1) is 0 Å². The molecule has 1 aliphatic heterocycles. The highest BCUT2D eigenvalue weighted by molar-refractivity contribution is 5.21. The summed E-state index contributed by atoms with van der Waals surface area (Å²) in [5, 5.41) is 4.11. The van der Waals surface area contributed by atoms with Gasteiger partial charge in [-0.1, -0.05) is 26.0 Å². The maximum Gasteiger partial charge on any atom is 0.215 e. The molecular formula is C15H18FN3O2. The van der Waals surface area contributed by atoms with Crippen molar-refractivity contribution in [1.82, 2.24) is 14.8 Å². The van der Waals surface area contributed by atoms with Crippen LogP contribution in [-0.2, 0) is 21.8 Å². The van der Waals surface area contributed by atoms with Crippen LogP contribution in [0.3, 0.4) is 0 Å². The zero-order chi connectivity index (χ0) is 14.9. The third-order valence-corrected chi connectivity index (χ3v) is 3.51. The molecule has 0 saturated carbocycles. The molecule has 0 bridgehead atoms. The molecule has 1 aromatic carbocycles. The molecule has 2 aromatic rings. The van der Waals surface area contributed by atoms with Gasteiger partial charge in [0.05, 0.1) is 13.2 Å². The molecule has 2 heterocycles. The summed E-state index contributed by atoms with van der Waals surface area (Å²) in [5.41, 5.74) is 0.723. The molecule has 0 atom stereocenters. The van der Waals surface area contributed by atoms with Crippen LogP contribution in [0.25, 0.3) is 0 Å². The van der Waals surface area contributed by atoms with Gasteiger partial charge >= 0.3 is 0 Å². The van der Waals surface area contributed by atoms with E-state index in [4.69, 9.17) is 9.47 Å². The fourth-order valence-electron chi connectivity index (χ4n) is 2.29. The second kappa shape index (κ2) is 5.20. The molecule has 6 heteroatoms. The first-order valence-corrected chi connectivity index (χ1v) is 6.86. The monoisotopic (exact) mass is 291 g/mol. The third-order valence-electron chi connectivity index (χ3n) is 3.51. The lowest BCUT2D eigenvalue weighted by atomic mass is 9.93. The van der Waals surface area contributed by atoms with E-state index in [1.54, 1.807) is 23.1 Å². The van der Waals surface area contributed by atoms with Crippen molar-refractivity contribution in [2.45, 2.75) is 26.2 Å². The van der Waals surface area contributed by atoms with Gasteiger partial charge in [0.15, 0.2) is 0 Å². The highest BCUT2D eigenvalue weighted by Gasteiger charge is 2.42. The Bertz CT molecular complexity index is 586. The van der Waals surface area contributed by atoms with Gasteiger partial charge in [-0.25, -0.2) is 14.1 Å². The summed E-state index contributed by atoms with van der Waals surface area (Å²) in [6.45, 7) is 5.64. The van der Waals surface area contributed by atoms with Crippen molar-refractivity contribution in [2.24, 2.45) is 5.41 Å². The Morgan fingerprint density at radius 3 is 2.43 bits per heavy atom. The summed E-state index contributed by atoms with van der Waals surface area (Å²) in [5.74, 6) is -1.25. The predicted molar refractivity (Wildman–Crippen MR) is 73.8 cm³/mol. The maximum absolute atomic E-state index is 13.2. The van der Waals surface area contributed by atoms with E-state index in [2.05, 4.69) is 23.9 Å². The van der Waals surface area contributed by atoms with E-state index in [0.29, 0.717) is 19.8 Å². The summed E-state index contributed by atoms with van der Waals surface area (Å²) in [4.78, 5) is 3.94. The second-order valence-electron chi connectivity index (χ2n) is 6.09. The van der Waals surface area contributed by atoms with Crippen molar-refractivity contribution in [3.8, 4) is 0 Å². The van der Waals surface area contributed by atoms with Crippen LogP contribution < -0.4 is 0 Å². The molecule has 0 radical (unpaired) electrons. The minimum absolute atomic E-state index is 0.0497. The number of nitrogens with zero attached hydrogens (tertiary/aromatic N) is 3. The number of benzene rings is 1. The van der Waals surface area contributed by atoms with Crippen LogP contribution in [-0.4, -0.2) is 28.0 Å². The Labute approximate surface area is 122 Å². The zero-order valence-electron chi connectivity index (χ0n) is 12.1. The van der Waals surface area contributed by atoms with E-state index in [1.807, 2.05) is 0 Å². The molecule has 0 amide bonds. The van der Waals surface area contributed by atoms with E-state index >= 15 is 0 Å². The van der Waals surface area contributed by atoms with E-state index < -0.39 is 5.79 Å². The highest BCUT2D eigenvalue weighted by Crippen LogP contribution is 2.37. The number of halogens is 1. The van der Waals surface area contributed by atoms with Crippen molar-refractivity contribution in [2.75, 3.05) is 13.2 Å². The third kappa shape index (κ3) is 2.96. The molecule has 5 nitrogen and oxygen atoms in total. The van der Waals surface area contributed by atoms with Crippen LogP contribution in [0.15, 0.2) is 36.9 Å². The van der Waals surface area contributed by atoms with Crippen LogP contribution in [0.1, 0.15) is 19.4 Å². The van der Waals surface area contributed by atoms with Crippen LogP contribution in [0.2, 0.25) is 0 Å². The van der Waals surface area contributed by atoms with Gasteiger partial charge in [0, 0.05) is 11.0 Å². The number of rotatable bonds is 3. The number of aromatic nitrogens is 3. The fourth-order valence-corrected chi connectivity index (χ4v) is 2.29. The SMILES string of the molecule is CC1(C)COC(Cn2cncn2)(c2ccc(F)cc2)OC1. The van der Waals surface area contributed by atoms with Gasteiger partial charge in [0.25, 0.3) is 0 Å². The van der Waals surface area contributed by atoms with Crippen LogP contribution in [0.4, 0.5) is 4.39 Å². The van der Waals surface area contributed by atoms with Gasteiger partial charge in [-0.05, 0) is 12.1 Å². The number of hydrogen-bond donors (Lipinski definition) is 0. The lowest BCUT2D eigenvalue weighted by Gasteiger charge is -2.43. The quantitative estimate of drug-likeness (QED) is 0.871. The average molecular weight is 291 g/mol. The first kappa shape index (κ1) is 14.2. The second-order valence-corrected chi connectivity index (χ2v) is 6.09. The standard InChI is InChI=1S/C15H18FN3O2/c1-14(2)8-20-15(21-9-14,7-19-11-17-10-18-19)12-3-5-13(16)6-4-12/h3-6,10-11H,7-9H2,1-2H3. The summed E-state index contributed by atoms with van der Waals surface area (Å²) in [7, 11) is 0. The molecule has 0 N–H and O–H groups in total. The minimum atomic E-state index is -0.961. The van der Waals surface area contributed by atoms with Crippen molar-refractivity contribution in [1.29, 1.82) is 0 Å². The molecule has 3 rings (SSSR count). The highest BCUT2D eigenvalue weighted by atomic mass is 19.1. The molecule has 1 aromatic heterocycles. The zero-order valence-corrected chi connectivity index (χ0v) is 12.1. The molecule has 0 unspecified atom stereocenters. The van der Waals surface area contributed by atoms with Crippen molar-refractivity contribution in [3.05, 3.63) is 48.3 Å². The topological polar surface area (TPSA) is 49.2 Å². The summed E-state index contributed by atoms with van der Waals surface area (Å²) < 4.78 is 26.9. The Balaban J connectivity index is 1.93. The van der Waals surface area contributed by atoms with Crippen LogP contribution in [0, 0.1) is 11.2 Å². The summed E-state index contributed by atoms with van der Waals surface area (Å²) in [6, 6.07) is 6.19. The summed E-state index contributed by atoms with van der Waals surface area (Å²) >= 11 is 0. The largest absolute Gasteiger partial charge is 0.344 e.